The van der Waals surface area contributed by atoms with Gasteiger partial charge in [0.25, 0.3) is 10.0 Å². The van der Waals surface area contributed by atoms with Gasteiger partial charge in [-0.25, -0.2) is 8.42 Å². The van der Waals surface area contributed by atoms with Crippen LogP contribution in [0.2, 0.25) is 0 Å². The van der Waals surface area contributed by atoms with Crippen LogP contribution in [0.4, 0.5) is 5.69 Å². The molecule has 0 saturated carbocycles. The minimum absolute atomic E-state index is 0.304. The van der Waals surface area contributed by atoms with Gasteiger partial charge in [-0.2, -0.15) is 0 Å². The highest BCUT2D eigenvalue weighted by Crippen LogP contribution is 2.23. The molecule has 26 heavy (non-hydrogen) atoms. The Balaban J connectivity index is 1.76. The van der Waals surface area contributed by atoms with Crippen LogP contribution in [0.3, 0.4) is 0 Å². The first kappa shape index (κ1) is 18.9. The number of hydrogen-bond acceptors (Lipinski definition) is 3. The summed E-state index contributed by atoms with van der Waals surface area (Å²) < 4.78 is 28.0. The van der Waals surface area contributed by atoms with Crippen LogP contribution in [0.15, 0.2) is 47.4 Å². The summed E-state index contributed by atoms with van der Waals surface area (Å²) in [6, 6.07) is 13.0. The number of aryl methyl sites for hydroxylation is 1. The minimum Gasteiger partial charge on any atom is -0.303 e. The molecule has 1 aliphatic rings. The molecule has 0 radical (unpaired) electrons. The van der Waals surface area contributed by atoms with Gasteiger partial charge in [-0.1, -0.05) is 32.0 Å². The molecular weight excluding hydrogens is 344 g/mol. The summed E-state index contributed by atoms with van der Waals surface area (Å²) in [7, 11) is -3.55. The van der Waals surface area contributed by atoms with Crippen molar-refractivity contribution in [3.8, 4) is 0 Å². The molecule has 0 aliphatic carbocycles. The van der Waals surface area contributed by atoms with Crippen LogP contribution in [0.1, 0.15) is 37.0 Å². The number of fused-ring (bicyclic) bond motifs is 1. The Kier molecular flexibility index (Phi) is 5.99. The van der Waals surface area contributed by atoms with Crippen molar-refractivity contribution >= 4 is 15.7 Å². The predicted octanol–water partition coefficient (Wildman–Crippen LogP) is 3.86. The molecule has 3 rings (SSSR count). The van der Waals surface area contributed by atoms with Crippen molar-refractivity contribution in [3.63, 3.8) is 0 Å². The number of anilines is 1. The maximum atomic E-state index is 12.7. The molecule has 140 valence electrons. The third-order valence-corrected chi connectivity index (χ3v) is 6.43. The molecule has 0 unspecified atom stereocenters. The lowest BCUT2D eigenvalue weighted by molar-refractivity contribution is 0.288. The normalized spacial score (nSPS) is 15.3. The van der Waals surface area contributed by atoms with Crippen molar-refractivity contribution in [2.75, 3.05) is 24.4 Å². The summed E-state index contributed by atoms with van der Waals surface area (Å²) in [5, 5.41) is 0. The van der Waals surface area contributed by atoms with Crippen LogP contribution in [0, 0.1) is 0 Å². The highest BCUT2D eigenvalue weighted by Gasteiger charge is 2.17. The minimum atomic E-state index is -3.55. The van der Waals surface area contributed by atoms with Crippen LogP contribution in [-0.2, 0) is 29.3 Å². The number of rotatable bonds is 6. The molecule has 0 saturated heterocycles. The van der Waals surface area contributed by atoms with Crippen LogP contribution in [-0.4, -0.2) is 33.0 Å². The molecule has 1 aliphatic heterocycles. The molecular formula is C21H28N2O2S. The van der Waals surface area contributed by atoms with Crippen molar-refractivity contribution in [1.29, 1.82) is 0 Å². The lowest BCUT2D eigenvalue weighted by Gasteiger charge is -2.18. The molecule has 4 nitrogen and oxygen atoms in total. The van der Waals surface area contributed by atoms with E-state index in [0.717, 1.165) is 50.9 Å². The molecule has 0 fully saturated rings. The molecule has 2 aromatic carbocycles. The monoisotopic (exact) mass is 372 g/mol. The van der Waals surface area contributed by atoms with Crippen LogP contribution in [0.5, 0.6) is 0 Å². The third-order valence-electron chi connectivity index (χ3n) is 5.03. The van der Waals surface area contributed by atoms with Crippen molar-refractivity contribution in [3.05, 3.63) is 59.2 Å². The summed E-state index contributed by atoms with van der Waals surface area (Å²) in [6.07, 6.45) is 4.06. The highest BCUT2D eigenvalue weighted by molar-refractivity contribution is 7.92. The van der Waals surface area contributed by atoms with Crippen molar-refractivity contribution in [2.24, 2.45) is 0 Å². The molecule has 0 atom stereocenters. The lowest BCUT2D eigenvalue weighted by Crippen LogP contribution is -2.27. The Labute approximate surface area is 157 Å². The first-order valence-corrected chi connectivity index (χ1v) is 11.0. The van der Waals surface area contributed by atoms with Crippen LogP contribution in [0.25, 0.3) is 0 Å². The summed E-state index contributed by atoms with van der Waals surface area (Å²) in [5.74, 6) is 0. The SMILES string of the molecule is CCCN1CCc2ccc(NS(=O)(=O)c3ccc(CC)cc3)cc2CC1. The molecule has 1 heterocycles. The quantitative estimate of drug-likeness (QED) is 0.838. The van der Waals surface area contributed by atoms with E-state index in [0.29, 0.717) is 10.6 Å². The zero-order chi connectivity index (χ0) is 18.6. The number of nitrogens with one attached hydrogen (secondary N) is 1. The topological polar surface area (TPSA) is 49.4 Å². The Morgan fingerprint density at radius 1 is 0.962 bits per heavy atom. The molecule has 0 aromatic heterocycles. The van der Waals surface area contributed by atoms with Gasteiger partial charge in [-0.3, -0.25) is 4.72 Å². The summed E-state index contributed by atoms with van der Waals surface area (Å²) in [5.41, 5.74) is 4.36. The molecule has 0 bridgehead atoms. The predicted molar refractivity (Wildman–Crippen MR) is 107 cm³/mol. The third kappa shape index (κ3) is 4.46. The van der Waals surface area contributed by atoms with E-state index in [-0.39, 0.29) is 0 Å². The fourth-order valence-corrected chi connectivity index (χ4v) is 4.54. The van der Waals surface area contributed by atoms with Gasteiger partial charge in [-0.05, 0) is 73.2 Å². The standard InChI is InChI=1S/C21H28N2O2S/c1-3-13-23-14-11-18-7-8-20(16-19(18)12-15-23)22-26(24,25)21-9-5-17(4-2)6-10-21/h5-10,16,22H,3-4,11-15H2,1-2H3. The van der Waals surface area contributed by atoms with Gasteiger partial charge in [0.2, 0.25) is 0 Å². The second kappa shape index (κ2) is 8.23. The Morgan fingerprint density at radius 3 is 2.31 bits per heavy atom. The average Bonchev–Trinajstić information content (AvgIpc) is 2.84. The molecule has 2 aromatic rings. The number of hydrogen-bond donors (Lipinski definition) is 1. The summed E-state index contributed by atoms with van der Waals surface area (Å²) >= 11 is 0. The van der Waals surface area contributed by atoms with E-state index in [1.54, 1.807) is 12.1 Å². The fourth-order valence-electron chi connectivity index (χ4n) is 3.49. The molecule has 0 amide bonds. The number of benzene rings is 2. The fraction of sp³-hybridized carbons (Fsp3) is 0.429. The first-order valence-electron chi connectivity index (χ1n) is 9.47. The van der Waals surface area contributed by atoms with E-state index < -0.39 is 10.0 Å². The van der Waals surface area contributed by atoms with E-state index in [2.05, 4.69) is 29.5 Å². The van der Waals surface area contributed by atoms with Gasteiger partial charge in [0.05, 0.1) is 4.90 Å². The zero-order valence-corrected chi connectivity index (χ0v) is 16.5. The van der Waals surface area contributed by atoms with Gasteiger partial charge >= 0.3 is 0 Å². The van der Waals surface area contributed by atoms with E-state index in [1.165, 1.54) is 11.1 Å². The van der Waals surface area contributed by atoms with Gasteiger partial charge in [0, 0.05) is 18.8 Å². The average molecular weight is 373 g/mol. The van der Waals surface area contributed by atoms with Crippen molar-refractivity contribution in [2.45, 2.75) is 44.4 Å². The molecule has 0 spiro atoms. The zero-order valence-electron chi connectivity index (χ0n) is 15.7. The Hall–Kier alpha value is -1.85. The van der Waals surface area contributed by atoms with Crippen LogP contribution >= 0.6 is 0 Å². The molecule has 5 heteroatoms. The highest BCUT2D eigenvalue weighted by atomic mass is 32.2. The maximum Gasteiger partial charge on any atom is 0.261 e. The summed E-state index contributed by atoms with van der Waals surface area (Å²) in [6.45, 7) is 7.50. The first-order chi connectivity index (χ1) is 12.5. The van der Waals surface area contributed by atoms with Gasteiger partial charge in [-0.15, -0.1) is 0 Å². The Morgan fingerprint density at radius 2 is 1.65 bits per heavy atom. The largest absolute Gasteiger partial charge is 0.303 e. The maximum absolute atomic E-state index is 12.7. The van der Waals surface area contributed by atoms with E-state index >= 15 is 0 Å². The smallest absolute Gasteiger partial charge is 0.261 e. The van der Waals surface area contributed by atoms with Gasteiger partial charge < -0.3 is 4.90 Å². The second-order valence-corrected chi connectivity index (χ2v) is 8.61. The Bertz CT molecular complexity index is 845. The molecule has 1 N–H and O–H groups in total. The van der Waals surface area contributed by atoms with Crippen LogP contribution < -0.4 is 4.72 Å². The van der Waals surface area contributed by atoms with Gasteiger partial charge in [0.15, 0.2) is 0 Å². The van der Waals surface area contributed by atoms with E-state index in [4.69, 9.17) is 0 Å². The number of sulfonamides is 1. The van der Waals surface area contributed by atoms with Crippen molar-refractivity contribution < 1.29 is 8.42 Å². The van der Waals surface area contributed by atoms with Crippen molar-refractivity contribution in [1.82, 2.24) is 4.90 Å². The lowest BCUT2D eigenvalue weighted by atomic mass is 10.0. The van der Waals surface area contributed by atoms with E-state index in [1.807, 2.05) is 24.3 Å². The van der Waals surface area contributed by atoms with E-state index in [9.17, 15) is 8.42 Å². The van der Waals surface area contributed by atoms with Gasteiger partial charge in [0.1, 0.15) is 0 Å². The number of nitrogens with zero attached hydrogens (tertiary/aromatic N) is 1. The second-order valence-electron chi connectivity index (χ2n) is 6.93. The summed E-state index contributed by atoms with van der Waals surface area (Å²) in [4.78, 5) is 2.79.